The summed E-state index contributed by atoms with van der Waals surface area (Å²) in [4.78, 5) is 4.00. The zero-order valence-electron chi connectivity index (χ0n) is 6.37. The predicted molar refractivity (Wildman–Crippen MR) is 41.8 cm³/mol. The lowest BCUT2D eigenvalue weighted by Gasteiger charge is -2.04. The van der Waals surface area contributed by atoms with Crippen LogP contribution in [0.1, 0.15) is 5.56 Å². The molecule has 0 saturated carbocycles. The van der Waals surface area contributed by atoms with Gasteiger partial charge in [0.1, 0.15) is 0 Å². The zero-order valence-corrected chi connectivity index (χ0v) is 6.37. The maximum Gasteiger partial charge on any atom is 0.217 e. The number of nitrogens with one attached hydrogen (secondary N) is 1. The van der Waals surface area contributed by atoms with Gasteiger partial charge in [-0.05, 0) is 6.07 Å². The first kappa shape index (κ1) is 7.97. The molecule has 1 aromatic rings. The Hall–Kier alpha value is -1.13. The summed E-state index contributed by atoms with van der Waals surface area (Å²) in [5.74, 6) is 5.77. The number of aromatic nitrogens is 1. The number of hydrogen-bond acceptors (Lipinski definition) is 4. The van der Waals surface area contributed by atoms with Crippen LogP contribution in [0.15, 0.2) is 18.3 Å². The van der Waals surface area contributed by atoms with Gasteiger partial charge in [-0.25, -0.2) is 4.98 Å². The van der Waals surface area contributed by atoms with Gasteiger partial charge in [-0.15, -0.1) is 0 Å². The first-order chi connectivity index (χ1) is 5.38. The first-order valence-corrected chi connectivity index (χ1v) is 3.30. The molecule has 0 saturated heterocycles. The molecule has 0 spiro atoms. The molecule has 1 aromatic heterocycles. The molecule has 4 nitrogen and oxygen atoms in total. The minimum Gasteiger partial charge on any atom is -0.481 e. The van der Waals surface area contributed by atoms with Crippen molar-refractivity contribution >= 4 is 0 Å². The van der Waals surface area contributed by atoms with Gasteiger partial charge in [-0.2, -0.15) is 0 Å². The summed E-state index contributed by atoms with van der Waals surface area (Å²) >= 11 is 0. The molecule has 0 bridgehead atoms. The van der Waals surface area contributed by atoms with E-state index in [-0.39, 0.29) is 0 Å². The van der Waals surface area contributed by atoms with E-state index in [0.717, 1.165) is 5.56 Å². The topological polar surface area (TPSA) is 60.2 Å². The number of rotatable bonds is 3. The fourth-order valence-corrected chi connectivity index (χ4v) is 0.852. The summed E-state index contributed by atoms with van der Waals surface area (Å²) in [6, 6.07) is 3.75. The molecule has 4 heteroatoms. The van der Waals surface area contributed by atoms with Crippen molar-refractivity contribution in [1.82, 2.24) is 10.4 Å². The number of ether oxygens (including phenoxy) is 1. The van der Waals surface area contributed by atoms with Crippen molar-refractivity contribution in [2.45, 2.75) is 6.54 Å². The Morgan fingerprint density at radius 2 is 2.55 bits per heavy atom. The summed E-state index contributed by atoms with van der Waals surface area (Å²) in [6.45, 7) is 0.566. The van der Waals surface area contributed by atoms with Crippen LogP contribution in [-0.4, -0.2) is 12.1 Å². The zero-order chi connectivity index (χ0) is 8.10. The number of nitrogens with two attached hydrogens (primary N) is 1. The van der Waals surface area contributed by atoms with Crippen molar-refractivity contribution in [3.8, 4) is 5.88 Å². The van der Waals surface area contributed by atoms with Crippen LogP contribution in [0.5, 0.6) is 5.88 Å². The Labute approximate surface area is 65.4 Å². The van der Waals surface area contributed by atoms with Gasteiger partial charge in [0.25, 0.3) is 0 Å². The van der Waals surface area contributed by atoms with Crippen LogP contribution in [0.25, 0.3) is 0 Å². The Morgan fingerprint density at radius 1 is 1.73 bits per heavy atom. The van der Waals surface area contributed by atoms with E-state index in [9.17, 15) is 0 Å². The van der Waals surface area contributed by atoms with Crippen molar-refractivity contribution in [3.05, 3.63) is 23.9 Å². The molecule has 60 valence electrons. The lowest BCUT2D eigenvalue weighted by atomic mass is 10.3. The van der Waals surface area contributed by atoms with Gasteiger partial charge in [-0.3, -0.25) is 11.3 Å². The van der Waals surface area contributed by atoms with Crippen LogP contribution in [0.2, 0.25) is 0 Å². The van der Waals surface area contributed by atoms with Crippen LogP contribution in [0.3, 0.4) is 0 Å². The lowest BCUT2D eigenvalue weighted by Crippen LogP contribution is -2.21. The maximum atomic E-state index is 5.15. The van der Waals surface area contributed by atoms with E-state index in [1.54, 1.807) is 13.3 Å². The average Bonchev–Trinajstić information content (AvgIpc) is 2.06. The molecule has 0 amide bonds. The van der Waals surface area contributed by atoms with Crippen molar-refractivity contribution in [1.29, 1.82) is 0 Å². The van der Waals surface area contributed by atoms with Crippen LogP contribution in [0.4, 0.5) is 0 Å². The summed E-state index contributed by atoms with van der Waals surface area (Å²) in [5, 5.41) is 0. The number of pyridine rings is 1. The Bertz CT molecular complexity index is 227. The highest BCUT2D eigenvalue weighted by Crippen LogP contribution is 2.11. The quantitative estimate of drug-likeness (QED) is 0.476. The third-order valence-corrected chi connectivity index (χ3v) is 1.34. The summed E-state index contributed by atoms with van der Waals surface area (Å²) in [5.41, 5.74) is 3.49. The molecule has 0 unspecified atom stereocenters. The molecule has 0 aliphatic rings. The molecule has 3 N–H and O–H groups in total. The molecule has 1 rings (SSSR count). The molecule has 11 heavy (non-hydrogen) atoms. The van der Waals surface area contributed by atoms with Crippen LogP contribution >= 0.6 is 0 Å². The average molecular weight is 153 g/mol. The first-order valence-electron chi connectivity index (χ1n) is 3.30. The van der Waals surface area contributed by atoms with E-state index in [4.69, 9.17) is 10.6 Å². The standard InChI is InChI=1S/C7H11N3O/c1-11-7-6(5-10-8)3-2-4-9-7/h2-4,10H,5,8H2,1H3. The van der Waals surface area contributed by atoms with Gasteiger partial charge >= 0.3 is 0 Å². The van der Waals surface area contributed by atoms with E-state index in [0.29, 0.717) is 12.4 Å². The molecule has 0 aromatic carbocycles. The second kappa shape index (κ2) is 3.90. The molecule has 0 aliphatic carbocycles. The van der Waals surface area contributed by atoms with Crippen LogP contribution in [-0.2, 0) is 6.54 Å². The highest BCUT2D eigenvalue weighted by atomic mass is 16.5. The van der Waals surface area contributed by atoms with Crippen LogP contribution in [0, 0.1) is 0 Å². The number of methoxy groups -OCH3 is 1. The number of nitrogens with zero attached hydrogens (tertiary/aromatic N) is 1. The van der Waals surface area contributed by atoms with Crippen molar-refractivity contribution < 1.29 is 4.74 Å². The molecule has 0 fully saturated rings. The highest BCUT2D eigenvalue weighted by molar-refractivity contribution is 5.24. The van der Waals surface area contributed by atoms with E-state index < -0.39 is 0 Å². The fourth-order valence-electron chi connectivity index (χ4n) is 0.852. The van der Waals surface area contributed by atoms with Gasteiger partial charge in [0, 0.05) is 18.3 Å². The molecular weight excluding hydrogens is 142 g/mol. The third-order valence-electron chi connectivity index (χ3n) is 1.34. The molecular formula is C7H11N3O. The predicted octanol–water partition coefficient (Wildman–Crippen LogP) is 0.0535. The largest absolute Gasteiger partial charge is 0.481 e. The molecule has 1 heterocycles. The second-order valence-corrected chi connectivity index (χ2v) is 2.05. The number of hydrogen-bond donors (Lipinski definition) is 2. The lowest BCUT2D eigenvalue weighted by molar-refractivity contribution is 0.391. The van der Waals surface area contributed by atoms with Gasteiger partial charge in [0.2, 0.25) is 5.88 Å². The summed E-state index contributed by atoms with van der Waals surface area (Å²) in [6.07, 6.45) is 1.68. The van der Waals surface area contributed by atoms with E-state index in [2.05, 4.69) is 10.4 Å². The van der Waals surface area contributed by atoms with Gasteiger partial charge < -0.3 is 4.74 Å². The van der Waals surface area contributed by atoms with E-state index in [1.807, 2.05) is 12.1 Å². The van der Waals surface area contributed by atoms with Gasteiger partial charge in [-0.1, -0.05) is 6.07 Å². The van der Waals surface area contributed by atoms with E-state index in [1.165, 1.54) is 0 Å². The Kier molecular flexibility index (Phi) is 2.83. The van der Waals surface area contributed by atoms with Gasteiger partial charge in [0.15, 0.2) is 0 Å². The molecule has 0 aliphatic heterocycles. The SMILES string of the molecule is COc1ncccc1CNN. The maximum absolute atomic E-state index is 5.15. The highest BCUT2D eigenvalue weighted by Gasteiger charge is 1.99. The van der Waals surface area contributed by atoms with Gasteiger partial charge in [0.05, 0.1) is 7.11 Å². The molecule has 0 radical (unpaired) electrons. The van der Waals surface area contributed by atoms with Crippen LogP contribution < -0.4 is 16.0 Å². The second-order valence-electron chi connectivity index (χ2n) is 2.05. The Morgan fingerprint density at radius 3 is 3.18 bits per heavy atom. The third kappa shape index (κ3) is 1.89. The minimum atomic E-state index is 0.566. The van der Waals surface area contributed by atoms with E-state index >= 15 is 0 Å². The van der Waals surface area contributed by atoms with Crippen molar-refractivity contribution in [3.63, 3.8) is 0 Å². The van der Waals surface area contributed by atoms with Crippen molar-refractivity contribution in [2.75, 3.05) is 7.11 Å². The number of hydrazine groups is 1. The summed E-state index contributed by atoms with van der Waals surface area (Å²) < 4.78 is 4.99. The minimum absolute atomic E-state index is 0.566. The monoisotopic (exact) mass is 153 g/mol. The fraction of sp³-hybridized carbons (Fsp3) is 0.286. The Balaban J connectivity index is 2.83. The summed E-state index contributed by atoms with van der Waals surface area (Å²) in [7, 11) is 1.59. The normalized spacial score (nSPS) is 9.64. The van der Waals surface area contributed by atoms with Crippen molar-refractivity contribution in [2.24, 2.45) is 5.84 Å². The smallest absolute Gasteiger partial charge is 0.217 e. The molecule has 0 atom stereocenters.